The molecule has 0 saturated carbocycles. The fourth-order valence-electron chi connectivity index (χ4n) is 2.15. The molecule has 1 nitrogen and oxygen atoms in total. The molecule has 1 aromatic heterocycles. The quantitative estimate of drug-likeness (QED) is 0.670. The highest BCUT2D eigenvalue weighted by molar-refractivity contribution is 5.63. The molecule has 1 aromatic rings. The van der Waals surface area contributed by atoms with Crippen molar-refractivity contribution in [3.63, 3.8) is 0 Å². The Kier molecular flexibility index (Phi) is 4.26. The molecule has 0 aliphatic rings. The smallest absolute Gasteiger partial charge is 0.0216 e. The Morgan fingerprint density at radius 2 is 1.89 bits per heavy atom. The summed E-state index contributed by atoms with van der Waals surface area (Å²) in [6, 6.07) is 0. The van der Waals surface area contributed by atoms with Gasteiger partial charge in [0.15, 0.2) is 0 Å². The van der Waals surface area contributed by atoms with Crippen LogP contribution >= 0.6 is 0 Å². The SMILES string of the molecule is C=C/C(=C\c1c(C(C)(C)C)cn(C)c1C)C(C)C. The maximum Gasteiger partial charge on any atom is 0.0216 e. The average Bonchev–Trinajstić information content (AvgIpc) is 2.52. The second-order valence-electron chi connectivity index (χ2n) is 6.41. The molecule has 0 aliphatic carbocycles. The van der Waals surface area contributed by atoms with E-state index in [1.165, 1.54) is 22.4 Å². The Bertz CT molecular complexity index is 465. The first-order chi connectivity index (χ1) is 8.18. The Morgan fingerprint density at radius 1 is 1.33 bits per heavy atom. The molecule has 0 aliphatic heterocycles. The summed E-state index contributed by atoms with van der Waals surface area (Å²) in [5.74, 6) is 0.509. The van der Waals surface area contributed by atoms with Gasteiger partial charge < -0.3 is 4.57 Å². The molecule has 1 rings (SSSR count). The Labute approximate surface area is 112 Å². The van der Waals surface area contributed by atoms with Gasteiger partial charge in [-0.2, -0.15) is 0 Å². The molecule has 0 N–H and O–H groups in total. The summed E-state index contributed by atoms with van der Waals surface area (Å²) in [6.45, 7) is 17.3. The third kappa shape index (κ3) is 2.95. The van der Waals surface area contributed by atoms with E-state index in [1.807, 2.05) is 6.08 Å². The van der Waals surface area contributed by atoms with E-state index in [9.17, 15) is 0 Å². The summed E-state index contributed by atoms with van der Waals surface area (Å²) in [6.07, 6.45) is 6.53. The van der Waals surface area contributed by atoms with Crippen LogP contribution in [0, 0.1) is 12.8 Å². The molecule has 0 radical (unpaired) electrons. The van der Waals surface area contributed by atoms with Crippen LogP contribution in [0.5, 0.6) is 0 Å². The second-order valence-corrected chi connectivity index (χ2v) is 6.41. The van der Waals surface area contributed by atoms with Gasteiger partial charge in [-0.3, -0.25) is 0 Å². The van der Waals surface area contributed by atoms with Crippen molar-refractivity contribution in [2.45, 2.75) is 47.0 Å². The Hall–Kier alpha value is -1.24. The van der Waals surface area contributed by atoms with Gasteiger partial charge in [-0.1, -0.05) is 47.3 Å². The van der Waals surface area contributed by atoms with Crippen molar-refractivity contribution in [3.8, 4) is 0 Å². The van der Waals surface area contributed by atoms with Gasteiger partial charge >= 0.3 is 0 Å². The monoisotopic (exact) mass is 245 g/mol. The molecular formula is C17H27N. The predicted molar refractivity (Wildman–Crippen MR) is 81.9 cm³/mol. The third-order valence-electron chi connectivity index (χ3n) is 3.55. The second kappa shape index (κ2) is 5.17. The van der Waals surface area contributed by atoms with Crippen molar-refractivity contribution in [2.75, 3.05) is 0 Å². The van der Waals surface area contributed by atoms with Crippen LogP contribution in [0.4, 0.5) is 0 Å². The van der Waals surface area contributed by atoms with E-state index in [-0.39, 0.29) is 5.41 Å². The van der Waals surface area contributed by atoms with Crippen LogP contribution in [0.3, 0.4) is 0 Å². The van der Waals surface area contributed by atoms with Crippen LogP contribution in [0.1, 0.15) is 51.4 Å². The molecule has 0 bridgehead atoms. The summed E-state index contributed by atoms with van der Waals surface area (Å²) in [5.41, 5.74) is 5.55. The fraction of sp³-hybridized carbons (Fsp3) is 0.529. The Morgan fingerprint density at radius 3 is 2.28 bits per heavy atom. The van der Waals surface area contributed by atoms with Gasteiger partial charge in [-0.25, -0.2) is 0 Å². The molecule has 0 saturated heterocycles. The van der Waals surface area contributed by atoms with E-state index in [2.05, 4.69) is 72.0 Å². The molecule has 18 heavy (non-hydrogen) atoms. The lowest BCUT2D eigenvalue weighted by atomic mass is 9.84. The number of aryl methyl sites for hydroxylation is 1. The van der Waals surface area contributed by atoms with Crippen LogP contribution in [0.15, 0.2) is 24.4 Å². The third-order valence-corrected chi connectivity index (χ3v) is 3.55. The van der Waals surface area contributed by atoms with Gasteiger partial charge in [0.2, 0.25) is 0 Å². The molecule has 1 heteroatoms. The molecule has 0 aromatic carbocycles. The number of rotatable bonds is 3. The standard InChI is InChI=1S/C17H27N/c1-9-14(12(2)3)10-15-13(4)18(8)11-16(15)17(5,6)7/h9-12H,1H2,2-8H3/b14-10+. The molecule has 100 valence electrons. The number of aromatic nitrogens is 1. The van der Waals surface area contributed by atoms with Gasteiger partial charge in [0.05, 0.1) is 0 Å². The van der Waals surface area contributed by atoms with E-state index in [0.29, 0.717) is 5.92 Å². The van der Waals surface area contributed by atoms with Crippen molar-refractivity contribution in [3.05, 3.63) is 41.2 Å². The van der Waals surface area contributed by atoms with E-state index >= 15 is 0 Å². The summed E-state index contributed by atoms with van der Waals surface area (Å²) in [5, 5.41) is 0. The normalized spacial score (nSPS) is 13.2. The summed E-state index contributed by atoms with van der Waals surface area (Å²) in [7, 11) is 2.12. The van der Waals surface area contributed by atoms with Gasteiger partial charge in [0.25, 0.3) is 0 Å². The number of allylic oxidation sites excluding steroid dienone is 2. The lowest BCUT2D eigenvalue weighted by molar-refractivity contribution is 0.588. The predicted octanol–water partition coefficient (Wildman–Crippen LogP) is 4.86. The Balaban J connectivity index is 3.44. The first kappa shape index (κ1) is 14.8. The number of nitrogens with zero attached hydrogens (tertiary/aromatic N) is 1. The minimum Gasteiger partial charge on any atom is -0.354 e. The first-order valence-electron chi connectivity index (χ1n) is 6.69. The number of hydrogen-bond donors (Lipinski definition) is 0. The van der Waals surface area contributed by atoms with Crippen molar-refractivity contribution < 1.29 is 0 Å². The van der Waals surface area contributed by atoms with Gasteiger partial charge in [-0.05, 0) is 41.0 Å². The zero-order chi connectivity index (χ0) is 14.1. The lowest BCUT2D eigenvalue weighted by Gasteiger charge is -2.19. The maximum absolute atomic E-state index is 3.93. The zero-order valence-corrected chi connectivity index (χ0v) is 13.0. The first-order valence-corrected chi connectivity index (χ1v) is 6.69. The van der Waals surface area contributed by atoms with E-state index in [1.54, 1.807) is 0 Å². The summed E-state index contributed by atoms with van der Waals surface area (Å²) < 4.78 is 2.22. The van der Waals surface area contributed by atoms with E-state index < -0.39 is 0 Å². The minimum atomic E-state index is 0.168. The largest absolute Gasteiger partial charge is 0.354 e. The van der Waals surface area contributed by atoms with Crippen LogP contribution in [0.2, 0.25) is 0 Å². The highest BCUT2D eigenvalue weighted by atomic mass is 14.9. The maximum atomic E-state index is 3.93. The van der Waals surface area contributed by atoms with Crippen LogP contribution in [0.25, 0.3) is 6.08 Å². The molecule has 0 spiro atoms. The molecular weight excluding hydrogens is 218 g/mol. The zero-order valence-electron chi connectivity index (χ0n) is 13.0. The fourth-order valence-corrected chi connectivity index (χ4v) is 2.15. The number of hydrogen-bond acceptors (Lipinski definition) is 0. The average molecular weight is 245 g/mol. The van der Waals surface area contributed by atoms with E-state index in [4.69, 9.17) is 0 Å². The topological polar surface area (TPSA) is 4.93 Å². The van der Waals surface area contributed by atoms with Crippen molar-refractivity contribution in [1.29, 1.82) is 0 Å². The molecule has 0 unspecified atom stereocenters. The van der Waals surface area contributed by atoms with Crippen LogP contribution < -0.4 is 0 Å². The van der Waals surface area contributed by atoms with E-state index in [0.717, 1.165) is 0 Å². The van der Waals surface area contributed by atoms with Crippen molar-refractivity contribution >= 4 is 6.08 Å². The van der Waals surface area contributed by atoms with Crippen molar-refractivity contribution in [2.24, 2.45) is 13.0 Å². The highest BCUT2D eigenvalue weighted by Gasteiger charge is 2.21. The van der Waals surface area contributed by atoms with Crippen LogP contribution in [-0.2, 0) is 12.5 Å². The minimum absolute atomic E-state index is 0.168. The summed E-state index contributed by atoms with van der Waals surface area (Å²) >= 11 is 0. The van der Waals surface area contributed by atoms with Gasteiger partial charge in [0.1, 0.15) is 0 Å². The van der Waals surface area contributed by atoms with Gasteiger partial charge in [-0.15, -0.1) is 0 Å². The molecule has 0 fully saturated rings. The molecule has 1 heterocycles. The van der Waals surface area contributed by atoms with Crippen molar-refractivity contribution in [1.82, 2.24) is 4.57 Å². The molecule has 0 atom stereocenters. The van der Waals surface area contributed by atoms with Gasteiger partial charge in [0, 0.05) is 18.9 Å². The lowest BCUT2D eigenvalue weighted by Crippen LogP contribution is -2.11. The summed E-state index contributed by atoms with van der Waals surface area (Å²) in [4.78, 5) is 0. The molecule has 0 amide bonds. The van der Waals surface area contributed by atoms with Crippen LogP contribution in [-0.4, -0.2) is 4.57 Å². The highest BCUT2D eigenvalue weighted by Crippen LogP contribution is 2.31.